The molecule has 0 aliphatic heterocycles. The Morgan fingerprint density at radius 2 is 1.86 bits per heavy atom. The number of nitrogens with two attached hydrogens (primary N) is 1. The molecule has 128 valence electrons. The van der Waals surface area contributed by atoms with E-state index in [0.717, 1.165) is 11.3 Å². The van der Waals surface area contributed by atoms with Crippen LogP contribution in [0.25, 0.3) is 0 Å². The number of rotatable bonds is 10. The van der Waals surface area contributed by atoms with E-state index in [4.69, 9.17) is 15.9 Å². The molecule has 0 saturated heterocycles. The lowest BCUT2D eigenvalue weighted by atomic mass is 9.99. The molecule has 0 heterocycles. The molecule has 0 aliphatic carbocycles. The van der Waals surface area contributed by atoms with E-state index < -0.39 is 36.5 Å². The van der Waals surface area contributed by atoms with Crippen LogP contribution in [0.3, 0.4) is 0 Å². The number of nitrogens with zero attached hydrogens (tertiary/aromatic N) is 1. The van der Waals surface area contributed by atoms with Gasteiger partial charge in [-0.25, -0.2) is 4.79 Å². The van der Waals surface area contributed by atoms with Gasteiger partial charge in [0.05, 0.1) is 19.2 Å². The molecule has 8 heteroatoms. The summed E-state index contributed by atoms with van der Waals surface area (Å²) in [6, 6.07) is -2.03. The Kier molecular flexibility index (Phi) is 9.35. The SMILES string of the molecule is CCCN(C(=O)CNC(=O)[C@@H](N)[C@@H](C)CC)[C@@H](CO)C(=O)O. The van der Waals surface area contributed by atoms with E-state index >= 15 is 0 Å². The van der Waals surface area contributed by atoms with Gasteiger partial charge in [-0.2, -0.15) is 0 Å². The minimum atomic E-state index is -1.31. The van der Waals surface area contributed by atoms with Crippen molar-refractivity contribution in [3.05, 3.63) is 0 Å². The lowest BCUT2D eigenvalue weighted by molar-refractivity contribution is -0.151. The summed E-state index contributed by atoms with van der Waals surface area (Å²) in [6.07, 6.45) is 1.27. The van der Waals surface area contributed by atoms with Crippen molar-refractivity contribution in [3.63, 3.8) is 0 Å². The van der Waals surface area contributed by atoms with E-state index in [0.29, 0.717) is 6.42 Å². The lowest BCUT2D eigenvalue weighted by Crippen LogP contribution is -2.53. The highest BCUT2D eigenvalue weighted by molar-refractivity contribution is 5.89. The Balaban J connectivity index is 4.71. The van der Waals surface area contributed by atoms with Crippen molar-refractivity contribution in [1.82, 2.24) is 10.2 Å². The van der Waals surface area contributed by atoms with Crippen LogP contribution in [0.2, 0.25) is 0 Å². The first kappa shape index (κ1) is 20.3. The lowest BCUT2D eigenvalue weighted by Gasteiger charge is -2.28. The predicted octanol–water partition coefficient (Wildman–Crippen LogP) is -0.840. The average molecular weight is 317 g/mol. The van der Waals surface area contributed by atoms with E-state index in [9.17, 15) is 14.4 Å². The quantitative estimate of drug-likeness (QED) is 0.415. The van der Waals surface area contributed by atoms with Crippen molar-refractivity contribution in [1.29, 1.82) is 0 Å². The van der Waals surface area contributed by atoms with Gasteiger partial charge in [-0.05, 0) is 12.3 Å². The molecule has 0 aliphatic rings. The molecule has 0 bridgehead atoms. The maximum atomic E-state index is 12.1. The summed E-state index contributed by atoms with van der Waals surface area (Å²) in [4.78, 5) is 36.0. The van der Waals surface area contributed by atoms with Gasteiger partial charge < -0.3 is 26.2 Å². The molecule has 0 fully saturated rings. The molecular weight excluding hydrogens is 290 g/mol. The van der Waals surface area contributed by atoms with Crippen molar-refractivity contribution in [3.8, 4) is 0 Å². The first-order valence-electron chi connectivity index (χ1n) is 7.46. The number of carboxylic acid groups (broad SMARTS) is 1. The van der Waals surface area contributed by atoms with Gasteiger partial charge >= 0.3 is 5.97 Å². The van der Waals surface area contributed by atoms with Gasteiger partial charge in [-0.15, -0.1) is 0 Å². The highest BCUT2D eigenvalue weighted by Crippen LogP contribution is 2.06. The van der Waals surface area contributed by atoms with Gasteiger partial charge in [-0.3, -0.25) is 9.59 Å². The smallest absolute Gasteiger partial charge is 0.328 e. The third-order valence-electron chi connectivity index (χ3n) is 3.59. The van der Waals surface area contributed by atoms with Crippen molar-refractivity contribution in [2.45, 2.75) is 45.7 Å². The Labute approximate surface area is 130 Å². The molecule has 0 aromatic carbocycles. The summed E-state index contributed by atoms with van der Waals surface area (Å²) in [6.45, 7) is 4.69. The maximum Gasteiger partial charge on any atom is 0.328 e. The van der Waals surface area contributed by atoms with Crippen LogP contribution in [0.4, 0.5) is 0 Å². The van der Waals surface area contributed by atoms with Crippen LogP contribution in [-0.4, -0.2) is 64.7 Å². The Hall–Kier alpha value is -1.67. The van der Waals surface area contributed by atoms with Crippen LogP contribution in [0.1, 0.15) is 33.6 Å². The molecule has 8 nitrogen and oxygen atoms in total. The third-order valence-corrected chi connectivity index (χ3v) is 3.59. The number of amides is 2. The highest BCUT2D eigenvalue weighted by atomic mass is 16.4. The number of hydrogen-bond acceptors (Lipinski definition) is 5. The molecule has 2 amide bonds. The fraction of sp³-hybridized carbons (Fsp3) is 0.786. The summed E-state index contributed by atoms with van der Waals surface area (Å²) in [5, 5.41) is 20.6. The zero-order valence-electron chi connectivity index (χ0n) is 13.4. The number of aliphatic hydroxyl groups is 1. The molecule has 0 rings (SSSR count). The second kappa shape index (κ2) is 10.1. The molecule has 22 heavy (non-hydrogen) atoms. The zero-order valence-corrected chi connectivity index (χ0v) is 13.4. The van der Waals surface area contributed by atoms with E-state index in [-0.39, 0.29) is 19.0 Å². The molecular formula is C14H27N3O5. The average Bonchev–Trinajstić information content (AvgIpc) is 2.50. The molecule has 3 atom stereocenters. The van der Waals surface area contributed by atoms with Gasteiger partial charge in [-0.1, -0.05) is 27.2 Å². The van der Waals surface area contributed by atoms with E-state index in [2.05, 4.69) is 5.32 Å². The summed E-state index contributed by atoms with van der Waals surface area (Å²) in [5.74, 6) is -2.32. The highest BCUT2D eigenvalue weighted by Gasteiger charge is 2.29. The molecule has 0 saturated carbocycles. The number of carbonyl (C=O) groups is 3. The second-order valence-electron chi connectivity index (χ2n) is 5.25. The maximum absolute atomic E-state index is 12.1. The van der Waals surface area contributed by atoms with E-state index in [1.807, 2.05) is 13.8 Å². The molecule has 0 aromatic rings. The largest absolute Gasteiger partial charge is 0.480 e. The van der Waals surface area contributed by atoms with Gasteiger partial charge in [0, 0.05) is 6.54 Å². The summed E-state index contributed by atoms with van der Waals surface area (Å²) in [7, 11) is 0. The number of carboxylic acids is 1. The summed E-state index contributed by atoms with van der Waals surface area (Å²) >= 11 is 0. The van der Waals surface area contributed by atoms with Crippen molar-refractivity contribution in [2.75, 3.05) is 19.7 Å². The molecule has 5 N–H and O–H groups in total. The first-order chi connectivity index (χ1) is 10.3. The first-order valence-corrected chi connectivity index (χ1v) is 7.46. The number of aliphatic hydroxyl groups excluding tert-OH is 1. The number of nitrogens with one attached hydrogen (secondary N) is 1. The number of carbonyl (C=O) groups excluding carboxylic acids is 2. The van der Waals surface area contributed by atoms with Gasteiger partial charge in [0.1, 0.15) is 0 Å². The van der Waals surface area contributed by atoms with Gasteiger partial charge in [0.15, 0.2) is 6.04 Å². The third kappa shape index (κ3) is 5.98. The Morgan fingerprint density at radius 1 is 1.27 bits per heavy atom. The van der Waals surface area contributed by atoms with Crippen LogP contribution >= 0.6 is 0 Å². The Morgan fingerprint density at radius 3 is 2.27 bits per heavy atom. The monoisotopic (exact) mass is 317 g/mol. The molecule has 0 spiro atoms. The van der Waals surface area contributed by atoms with Crippen LogP contribution in [0.5, 0.6) is 0 Å². The van der Waals surface area contributed by atoms with Crippen LogP contribution in [0.15, 0.2) is 0 Å². The normalized spacial score (nSPS) is 14.8. The topological polar surface area (TPSA) is 133 Å². The van der Waals surface area contributed by atoms with Gasteiger partial charge in [0.25, 0.3) is 0 Å². The van der Waals surface area contributed by atoms with Crippen LogP contribution in [0, 0.1) is 5.92 Å². The summed E-state index contributed by atoms with van der Waals surface area (Å²) in [5.41, 5.74) is 5.76. The van der Waals surface area contributed by atoms with Crippen molar-refractivity contribution >= 4 is 17.8 Å². The van der Waals surface area contributed by atoms with Crippen molar-refractivity contribution < 1.29 is 24.6 Å². The predicted molar refractivity (Wildman–Crippen MR) is 81.0 cm³/mol. The minimum absolute atomic E-state index is 0.0222. The fourth-order valence-electron chi connectivity index (χ4n) is 1.90. The number of aliphatic carboxylic acids is 1. The molecule has 0 radical (unpaired) electrons. The molecule has 0 aromatic heterocycles. The van der Waals surface area contributed by atoms with E-state index in [1.54, 1.807) is 6.92 Å². The summed E-state index contributed by atoms with van der Waals surface area (Å²) < 4.78 is 0. The zero-order chi connectivity index (χ0) is 17.3. The standard InChI is InChI=1S/C14H27N3O5/c1-4-6-17(10(8-18)14(21)22)11(19)7-16-13(20)12(15)9(3)5-2/h9-10,12,18H,4-8,15H2,1-3H3,(H,16,20)(H,21,22)/t9-,10-,12-/m0/s1. The van der Waals surface area contributed by atoms with Crippen LogP contribution in [-0.2, 0) is 14.4 Å². The fourth-order valence-corrected chi connectivity index (χ4v) is 1.90. The molecule has 0 unspecified atom stereocenters. The van der Waals surface area contributed by atoms with Crippen LogP contribution < -0.4 is 11.1 Å². The Bertz CT molecular complexity index is 389. The number of hydrogen-bond donors (Lipinski definition) is 4. The second-order valence-corrected chi connectivity index (χ2v) is 5.25. The van der Waals surface area contributed by atoms with Crippen molar-refractivity contribution in [2.24, 2.45) is 11.7 Å². The minimum Gasteiger partial charge on any atom is -0.480 e. The van der Waals surface area contributed by atoms with Gasteiger partial charge in [0.2, 0.25) is 11.8 Å². The van der Waals surface area contributed by atoms with E-state index in [1.165, 1.54) is 0 Å².